The second-order valence-corrected chi connectivity index (χ2v) is 6.94. The number of aliphatic hydroxyl groups excluding tert-OH is 1. The van der Waals surface area contributed by atoms with Crippen LogP contribution in [0.25, 0.3) is 11.0 Å². The fourth-order valence-electron chi connectivity index (χ4n) is 3.81. The Morgan fingerprint density at radius 1 is 1.29 bits per heavy atom. The van der Waals surface area contributed by atoms with Crippen LogP contribution >= 0.6 is 0 Å². The zero-order valence-corrected chi connectivity index (χ0v) is 12.4. The predicted molar refractivity (Wildman–Crippen MR) is 84.1 cm³/mol. The summed E-state index contributed by atoms with van der Waals surface area (Å²) in [5.74, 6) is 1.81. The van der Waals surface area contributed by atoms with E-state index in [-0.39, 0.29) is 12.0 Å². The van der Waals surface area contributed by atoms with Crippen LogP contribution in [0.1, 0.15) is 50.3 Å². The van der Waals surface area contributed by atoms with E-state index in [4.69, 9.17) is 10.7 Å². The molecule has 1 heterocycles. The molecule has 0 unspecified atom stereocenters. The highest BCUT2D eigenvalue weighted by Crippen LogP contribution is 2.44. The number of hydrogen-bond donors (Lipinski definition) is 2. The number of hydrogen-bond acceptors (Lipinski definition) is 3. The molecular formula is C17H23N3O. The van der Waals surface area contributed by atoms with Crippen LogP contribution in [-0.2, 0) is 6.54 Å². The van der Waals surface area contributed by atoms with E-state index in [1.807, 2.05) is 12.1 Å². The first-order valence-electron chi connectivity index (χ1n) is 8.07. The lowest BCUT2D eigenvalue weighted by atomic mass is 9.87. The number of fused-ring (bicyclic) bond motifs is 1. The van der Waals surface area contributed by atoms with Gasteiger partial charge in [-0.3, -0.25) is 0 Å². The van der Waals surface area contributed by atoms with E-state index in [0.717, 1.165) is 30.6 Å². The van der Waals surface area contributed by atoms with Crippen LogP contribution in [0, 0.1) is 5.41 Å². The summed E-state index contributed by atoms with van der Waals surface area (Å²) < 4.78 is 2.37. The van der Waals surface area contributed by atoms with E-state index in [0.29, 0.717) is 5.92 Å². The average molecular weight is 285 g/mol. The number of nitrogen functional groups attached to an aromatic ring is 1. The van der Waals surface area contributed by atoms with Gasteiger partial charge in [0.2, 0.25) is 0 Å². The number of nitrogens with two attached hydrogens (primary N) is 1. The van der Waals surface area contributed by atoms with Gasteiger partial charge in [0.25, 0.3) is 0 Å². The van der Waals surface area contributed by atoms with E-state index in [9.17, 15) is 5.11 Å². The Morgan fingerprint density at radius 2 is 2.05 bits per heavy atom. The van der Waals surface area contributed by atoms with Crippen LogP contribution in [0.2, 0.25) is 0 Å². The molecule has 4 nitrogen and oxygen atoms in total. The molecule has 112 valence electrons. The van der Waals surface area contributed by atoms with E-state index >= 15 is 0 Å². The van der Waals surface area contributed by atoms with E-state index in [2.05, 4.69) is 10.6 Å². The Bertz CT molecular complexity index is 666. The maximum absolute atomic E-state index is 9.92. The Hall–Kier alpha value is -1.55. The van der Waals surface area contributed by atoms with Gasteiger partial charge >= 0.3 is 0 Å². The second-order valence-electron chi connectivity index (χ2n) is 6.94. The summed E-state index contributed by atoms with van der Waals surface area (Å²) in [5.41, 5.74) is 8.90. The Kier molecular flexibility index (Phi) is 2.96. The monoisotopic (exact) mass is 285 g/mol. The molecule has 0 radical (unpaired) electrons. The van der Waals surface area contributed by atoms with Crippen molar-refractivity contribution < 1.29 is 5.11 Å². The lowest BCUT2D eigenvalue weighted by Crippen LogP contribution is -2.28. The van der Waals surface area contributed by atoms with Crippen molar-refractivity contribution in [1.29, 1.82) is 0 Å². The Labute approximate surface area is 125 Å². The maximum Gasteiger partial charge on any atom is 0.113 e. The third kappa shape index (κ3) is 2.22. The summed E-state index contributed by atoms with van der Waals surface area (Å²) in [6, 6.07) is 6.01. The lowest BCUT2D eigenvalue weighted by molar-refractivity contribution is 0.111. The fourth-order valence-corrected chi connectivity index (χ4v) is 3.81. The zero-order valence-electron chi connectivity index (χ0n) is 12.4. The van der Waals surface area contributed by atoms with Crippen LogP contribution in [0.5, 0.6) is 0 Å². The number of rotatable bonds is 4. The average Bonchev–Trinajstić information content (AvgIpc) is 3.13. The Balaban J connectivity index is 1.80. The van der Waals surface area contributed by atoms with Gasteiger partial charge in [0, 0.05) is 23.6 Å². The van der Waals surface area contributed by atoms with Crippen LogP contribution in [-0.4, -0.2) is 21.3 Å². The lowest BCUT2D eigenvalue weighted by Gasteiger charge is -2.28. The van der Waals surface area contributed by atoms with Crippen molar-refractivity contribution in [3.63, 3.8) is 0 Å². The van der Waals surface area contributed by atoms with E-state index in [1.165, 1.54) is 37.0 Å². The predicted octanol–water partition coefficient (Wildman–Crippen LogP) is 3.05. The van der Waals surface area contributed by atoms with Gasteiger partial charge in [-0.1, -0.05) is 12.8 Å². The highest BCUT2D eigenvalue weighted by atomic mass is 16.3. The topological polar surface area (TPSA) is 64.1 Å². The molecule has 0 atom stereocenters. The number of aliphatic hydroxyl groups is 1. The van der Waals surface area contributed by atoms with Crippen LogP contribution in [0.15, 0.2) is 18.2 Å². The van der Waals surface area contributed by atoms with Crippen molar-refractivity contribution >= 4 is 16.7 Å². The molecule has 4 heteroatoms. The first-order chi connectivity index (χ1) is 10.2. The van der Waals surface area contributed by atoms with Crippen LogP contribution < -0.4 is 5.73 Å². The van der Waals surface area contributed by atoms with Crippen molar-refractivity contribution in [2.24, 2.45) is 5.41 Å². The molecule has 2 saturated carbocycles. The Morgan fingerprint density at radius 3 is 2.71 bits per heavy atom. The highest BCUT2D eigenvalue weighted by molar-refractivity contribution is 5.80. The maximum atomic E-state index is 9.92. The fraction of sp³-hybridized carbons (Fsp3) is 0.588. The SMILES string of the molecule is Nc1ccc2c(c1)nc(C1CC1)n2CC1(CO)CCCC1. The van der Waals surface area contributed by atoms with Gasteiger partial charge in [0.05, 0.1) is 17.6 Å². The van der Waals surface area contributed by atoms with Crippen molar-refractivity contribution in [1.82, 2.24) is 9.55 Å². The molecule has 0 spiro atoms. The molecule has 2 fully saturated rings. The molecule has 0 saturated heterocycles. The quantitative estimate of drug-likeness (QED) is 0.849. The molecule has 0 aliphatic heterocycles. The molecule has 3 N–H and O–H groups in total. The van der Waals surface area contributed by atoms with Gasteiger partial charge in [0.15, 0.2) is 0 Å². The number of benzene rings is 1. The molecule has 2 aliphatic rings. The van der Waals surface area contributed by atoms with Crippen molar-refractivity contribution in [2.45, 2.75) is 51.0 Å². The smallest absolute Gasteiger partial charge is 0.113 e. The second kappa shape index (κ2) is 4.73. The molecule has 0 amide bonds. The summed E-state index contributed by atoms with van der Waals surface area (Å²) in [4.78, 5) is 4.84. The van der Waals surface area contributed by atoms with E-state index in [1.54, 1.807) is 0 Å². The molecule has 2 aliphatic carbocycles. The van der Waals surface area contributed by atoms with Gasteiger partial charge in [0.1, 0.15) is 5.82 Å². The first kappa shape index (κ1) is 13.1. The summed E-state index contributed by atoms with van der Waals surface area (Å²) in [5, 5.41) is 9.92. The van der Waals surface area contributed by atoms with Crippen LogP contribution in [0.3, 0.4) is 0 Å². The van der Waals surface area contributed by atoms with Crippen molar-refractivity contribution in [2.75, 3.05) is 12.3 Å². The largest absolute Gasteiger partial charge is 0.399 e. The minimum atomic E-state index is 0.0542. The van der Waals surface area contributed by atoms with E-state index < -0.39 is 0 Å². The highest BCUT2D eigenvalue weighted by Gasteiger charge is 2.37. The van der Waals surface area contributed by atoms with Gasteiger partial charge in [-0.05, 0) is 43.9 Å². The number of imidazole rings is 1. The molecular weight excluding hydrogens is 262 g/mol. The van der Waals surface area contributed by atoms with Gasteiger partial charge < -0.3 is 15.4 Å². The third-order valence-corrected chi connectivity index (χ3v) is 5.24. The number of aromatic nitrogens is 2. The molecule has 0 bridgehead atoms. The summed E-state index contributed by atoms with van der Waals surface area (Å²) in [6.45, 7) is 1.18. The van der Waals surface area contributed by atoms with Gasteiger partial charge in [-0.15, -0.1) is 0 Å². The van der Waals surface area contributed by atoms with Gasteiger partial charge in [-0.25, -0.2) is 4.98 Å². The minimum absolute atomic E-state index is 0.0542. The molecule has 4 rings (SSSR count). The zero-order chi connectivity index (χ0) is 14.4. The number of nitrogens with zero attached hydrogens (tertiary/aromatic N) is 2. The first-order valence-corrected chi connectivity index (χ1v) is 8.07. The molecule has 21 heavy (non-hydrogen) atoms. The molecule has 1 aromatic carbocycles. The minimum Gasteiger partial charge on any atom is -0.399 e. The summed E-state index contributed by atoms with van der Waals surface area (Å²) >= 11 is 0. The standard InChI is InChI=1S/C17H23N3O/c18-13-5-6-15-14(9-13)19-16(12-3-4-12)20(15)10-17(11-21)7-1-2-8-17/h5-6,9,12,21H,1-4,7-8,10-11,18H2. The van der Waals surface area contributed by atoms with Gasteiger partial charge in [-0.2, -0.15) is 0 Å². The summed E-state index contributed by atoms with van der Waals surface area (Å²) in [6.07, 6.45) is 7.21. The van der Waals surface area contributed by atoms with Crippen molar-refractivity contribution in [3.05, 3.63) is 24.0 Å². The normalized spacial score (nSPS) is 21.2. The van der Waals surface area contributed by atoms with Crippen molar-refractivity contribution in [3.8, 4) is 0 Å². The number of anilines is 1. The molecule has 2 aromatic rings. The summed E-state index contributed by atoms with van der Waals surface area (Å²) in [7, 11) is 0. The van der Waals surface area contributed by atoms with Crippen LogP contribution in [0.4, 0.5) is 5.69 Å². The third-order valence-electron chi connectivity index (χ3n) is 5.24. The molecule has 1 aromatic heterocycles.